The monoisotopic (exact) mass is 372 g/mol. The van der Waals surface area contributed by atoms with Crippen molar-refractivity contribution in [2.45, 2.75) is 0 Å². The Morgan fingerprint density at radius 2 is 1.76 bits per heavy atom. The fourth-order valence-electron chi connectivity index (χ4n) is 2.89. The van der Waals surface area contributed by atoms with Crippen molar-refractivity contribution >= 4 is 32.7 Å². The van der Waals surface area contributed by atoms with E-state index in [9.17, 15) is 10.1 Å². The van der Waals surface area contributed by atoms with E-state index in [1.165, 1.54) is 21.9 Å². The number of rotatable bonds is 4. The minimum Gasteiger partial charge on any atom is -0.378 e. The summed E-state index contributed by atoms with van der Waals surface area (Å²) >= 11 is 2.92. The number of anilines is 1. The summed E-state index contributed by atoms with van der Waals surface area (Å²) in [6.07, 6.45) is 0. The van der Waals surface area contributed by atoms with Gasteiger partial charge in [-0.15, -0.1) is 11.3 Å². The quantitative estimate of drug-likeness (QED) is 0.483. The molecule has 1 aromatic carbocycles. The van der Waals surface area contributed by atoms with Crippen LogP contribution in [0.25, 0.3) is 20.9 Å². The van der Waals surface area contributed by atoms with Crippen LogP contribution in [-0.4, -0.2) is 31.2 Å². The van der Waals surface area contributed by atoms with Crippen LogP contribution >= 0.6 is 22.7 Å². The van der Waals surface area contributed by atoms with E-state index < -0.39 is 0 Å². The smallest absolute Gasteiger partial charge is 0.324 e. The summed E-state index contributed by atoms with van der Waals surface area (Å²) in [6.45, 7) is 3.19. The Bertz CT molecular complexity index is 883. The van der Waals surface area contributed by atoms with Gasteiger partial charge in [-0.3, -0.25) is 10.1 Å². The number of nitrogens with zero attached hydrogens (tertiary/aromatic N) is 2. The van der Waals surface area contributed by atoms with Gasteiger partial charge in [-0.1, -0.05) is 41.7 Å². The molecule has 3 aromatic rings. The average molecular weight is 372 g/mol. The van der Waals surface area contributed by atoms with Crippen molar-refractivity contribution in [1.82, 2.24) is 0 Å². The predicted molar refractivity (Wildman–Crippen MR) is 103 cm³/mol. The van der Waals surface area contributed by atoms with Crippen molar-refractivity contribution in [3.8, 4) is 20.9 Å². The first-order chi connectivity index (χ1) is 12.2. The van der Waals surface area contributed by atoms with Crippen molar-refractivity contribution in [2.24, 2.45) is 0 Å². The molecule has 0 amide bonds. The fraction of sp³-hybridized carbons (Fsp3) is 0.222. The van der Waals surface area contributed by atoms with Gasteiger partial charge >= 0.3 is 5.00 Å². The Labute approximate surface area is 153 Å². The van der Waals surface area contributed by atoms with Gasteiger partial charge in [0.1, 0.15) is 0 Å². The molecule has 1 fully saturated rings. The van der Waals surface area contributed by atoms with Gasteiger partial charge in [-0.2, -0.15) is 0 Å². The molecule has 1 aliphatic heterocycles. The summed E-state index contributed by atoms with van der Waals surface area (Å²) < 4.78 is 5.48. The summed E-state index contributed by atoms with van der Waals surface area (Å²) in [5.41, 5.74) is 2.34. The minimum atomic E-state index is -0.331. The van der Waals surface area contributed by atoms with Crippen LogP contribution in [0.4, 0.5) is 10.0 Å². The van der Waals surface area contributed by atoms with Gasteiger partial charge in [0.2, 0.25) is 0 Å². The summed E-state index contributed by atoms with van der Waals surface area (Å²) in [6, 6.07) is 15.9. The number of hydrogen-bond acceptors (Lipinski definition) is 6. The van der Waals surface area contributed by atoms with E-state index in [0.29, 0.717) is 0 Å². The Morgan fingerprint density at radius 1 is 1.00 bits per heavy atom. The predicted octanol–water partition coefficient (Wildman–Crippen LogP) is 4.89. The molecule has 3 heterocycles. The van der Waals surface area contributed by atoms with Crippen LogP contribution in [0.1, 0.15) is 0 Å². The maximum absolute atomic E-state index is 11.0. The summed E-state index contributed by atoms with van der Waals surface area (Å²) in [7, 11) is 0. The van der Waals surface area contributed by atoms with Gasteiger partial charge in [-0.05, 0) is 17.7 Å². The first-order valence-electron chi connectivity index (χ1n) is 7.99. The van der Waals surface area contributed by atoms with Crippen molar-refractivity contribution in [1.29, 1.82) is 0 Å². The molecule has 0 radical (unpaired) electrons. The summed E-state index contributed by atoms with van der Waals surface area (Å²) in [5, 5.41) is 12.4. The molecule has 5 nitrogen and oxygen atoms in total. The van der Waals surface area contributed by atoms with E-state index in [-0.39, 0.29) is 9.92 Å². The van der Waals surface area contributed by atoms with Crippen molar-refractivity contribution in [2.75, 3.05) is 31.2 Å². The Kier molecular flexibility index (Phi) is 4.52. The third-order valence-electron chi connectivity index (χ3n) is 4.11. The molecule has 0 N–H and O–H groups in total. The maximum Gasteiger partial charge on any atom is 0.324 e. The van der Waals surface area contributed by atoms with Crippen LogP contribution in [0.3, 0.4) is 0 Å². The van der Waals surface area contributed by atoms with Gasteiger partial charge in [0.05, 0.1) is 28.0 Å². The second kappa shape index (κ2) is 6.95. The lowest BCUT2D eigenvalue weighted by Crippen LogP contribution is -2.35. The minimum absolute atomic E-state index is 0.178. The number of thiophene rings is 2. The first-order valence-corrected chi connectivity index (χ1v) is 9.62. The average Bonchev–Trinajstić information content (AvgIpc) is 3.30. The van der Waals surface area contributed by atoms with Gasteiger partial charge in [0, 0.05) is 29.6 Å². The summed E-state index contributed by atoms with van der Waals surface area (Å²) in [4.78, 5) is 15.0. The van der Waals surface area contributed by atoms with Gasteiger partial charge in [0.15, 0.2) is 0 Å². The zero-order valence-corrected chi connectivity index (χ0v) is 15.0. The lowest BCUT2D eigenvalue weighted by molar-refractivity contribution is -0.380. The zero-order valence-electron chi connectivity index (χ0n) is 13.4. The van der Waals surface area contributed by atoms with Gasteiger partial charge < -0.3 is 9.64 Å². The second-order valence-corrected chi connectivity index (χ2v) is 7.78. The highest BCUT2D eigenvalue weighted by molar-refractivity contribution is 7.25. The van der Waals surface area contributed by atoms with Crippen LogP contribution < -0.4 is 4.90 Å². The van der Waals surface area contributed by atoms with Gasteiger partial charge in [0.25, 0.3) is 0 Å². The Balaban J connectivity index is 1.78. The molecule has 25 heavy (non-hydrogen) atoms. The van der Waals surface area contributed by atoms with Crippen molar-refractivity contribution in [3.05, 3.63) is 58.6 Å². The molecule has 4 rings (SSSR count). The van der Waals surface area contributed by atoms with E-state index in [4.69, 9.17) is 4.74 Å². The fourth-order valence-corrected chi connectivity index (χ4v) is 5.02. The topological polar surface area (TPSA) is 55.6 Å². The highest BCUT2D eigenvalue weighted by atomic mass is 32.1. The summed E-state index contributed by atoms with van der Waals surface area (Å²) in [5.74, 6) is 0. The van der Waals surface area contributed by atoms with Crippen LogP contribution in [0.5, 0.6) is 0 Å². The molecule has 1 aliphatic rings. The zero-order chi connectivity index (χ0) is 17.2. The van der Waals surface area contributed by atoms with Crippen molar-refractivity contribution < 1.29 is 9.66 Å². The largest absolute Gasteiger partial charge is 0.378 e. The molecule has 0 saturated carbocycles. The molecule has 128 valence electrons. The molecule has 0 spiro atoms. The number of nitro groups is 1. The number of morpholine rings is 1. The third kappa shape index (κ3) is 3.30. The van der Waals surface area contributed by atoms with E-state index >= 15 is 0 Å². The number of ether oxygens (including phenoxy) is 1. The molecule has 0 bridgehead atoms. The lowest BCUT2D eigenvalue weighted by atomic mass is 10.1. The van der Waals surface area contributed by atoms with E-state index in [2.05, 4.69) is 23.1 Å². The lowest BCUT2D eigenvalue weighted by Gasteiger charge is -2.28. The molecule has 0 atom stereocenters. The Morgan fingerprint density at radius 3 is 2.44 bits per heavy atom. The van der Waals surface area contributed by atoms with Crippen LogP contribution in [0.15, 0.2) is 48.5 Å². The molecular weight excluding hydrogens is 356 g/mol. The number of benzene rings is 1. The third-order valence-corrected chi connectivity index (χ3v) is 6.54. The standard InChI is InChI=1S/C18H16N2O3S2/c21-20(22)17-7-6-15(24-17)16-12-14(13-4-2-1-3-5-13)18(25-16)19-8-10-23-11-9-19/h1-7,12H,8-11H2. The number of hydrogen-bond donors (Lipinski definition) is 0. The van der Waals surface area contributed by atoms with Crippen LogP contribution in [0.2, 0.25) is 0 Å². The molecule has 7 heteroatoms. The first kappa shape index (κ1) is 16.3. The molecule has 0 aliphatic carbocycles. The molecule has 0 unspecified atom stereocenters. The van der Waals surface area contributed by atoms with Crippen molar-refractivity contribution in [3.63, 3.8) is 0 Å². The van der Waals surface area contributed by atoms with E-state index in [1.54, 1.807) is 17.4 Å². The Hall–Kier alpha value is -2.22. The van der Waals surface area contributed by atoms with Gasteiger partial charge in [-0.25, -0.2) is 0 Å². The molecule has 2 aromatic heterocycles. The van der Waals surface area contributed by atoms with Crippen LogP contribution in [-0.2, 0) is 4.74 Å². The highest BCUT2D eigenvalue weighted by Crippen LogP contribution is 2.45. The SMILES string of the molecule is O=[N+]([O-])c1ccc(-c2cc(-c3ccccc3)c(N3CCOCC3)s2)s1. The molecular formula is C18H16N2O3S2. The van der Waals surface area contributed by atoms with E-state index in [1.807, 2.05) is 24.3 Å². The second-order valence-electron chi connectivity index (χ2n) is 5.69. The highest BCUT2D eigenvalue weighted by Gasteiger charge is 2.21. The maximum atomic E-state index is 11.0. The van der Waals surface area contributed by atoms with E-state index in [0.717, 1.165) is 41.6 Å². The van der Waals surface area contributed by atoms with Crippen LogP contribution in [0, 0.1) is 10.1 Å². The normalized spacial score (nSPS) is 14.6. The molecule has 1 saturated heterocycles.